The highest BCUT2D eigenvalue weighted by Crippen LogP contribution is 2.59. The highest BCUT2D eigenvalue weighted by atomic mass is 16.4. The number of rotatable bonds is 2. The lowest BCUT2D eigenvalue weighted by Gasteiger charge is -2.54. The molecule has 0 aromatic heterocycles. The van der Waals surface area contributed by atoms with Gasteiger partial charge in [0.2, 0.25) is 0 Å². The van der Waals surface area contributed by atoms with Crippen LogP contribution in [-0.4, -0.2) is 16.9 Å². The zero-order chi connectivity index (χ0) is 10.6. The van der Waals surface area contributed by atoms with E-state index in [0.717, 1.165) is 25.7 Å². The number of aliphatic carboxylic acids is 1. The van der Waals surface area contributed by atoms with E-state index >= 15 is 0 Å². The van der Waals surface area contributed by atoms with Gasteiger partial charge in [0.1, 0.15) is 5.78 Å². The average molecular weight is 208 g/mol. The summed E-state index contributed by atoms with van der Waals surface area (Å²) in [5.74, 6) is 0.956. The van der Waals surface area contributed by atoms with Gasteiger partial charge in [-0.15, -0.1) is 0 Å². The van der Waals surface area contributed by atoms with E-state index in [0.29, 0.717) is 11.8 Å². The molecule has 0 aromatic carbocycles. The summed E-state index contributed by atoms with van der Waals surface area (Å²) in [5.41, 5.74) is -0.458. The van der Waals surface area contributed by atoms with E-state index < -0.39 is 11.4 Å². The van der Waals surface area contributed by atoms with Gasteiger partial charge in [0.25, 0.3) is 0 Å². The van der Waals surface area contributed by atoms with Crippen LogP contribution in [-0.2, 0) is 9.59 Å². The van der Waals surface area contributed by atoms with Gasteiger partial charge in [-0.05, 0) is 43.9 Å². The summed E-state index contributed by atoms with van der Waals surface area (Å²) < 4.78 is 0. The molecule has 0 heterocycles. The van der Waals surface area contributed by atoms with E-state index in [2.05, 4.69) is 0 Å². The minimum atomic E-state index is -0.801. The van der Waals surface area contributed by atoms with Crippen molar-refractivity contribution in [1.29, 1.82) is 0 Å². The highest BCUT2D eigenvalue weighted by Gasteiger charge is 2.57. The number of ketones is 1. The van der Waals surface area contributed by atoms with Gasteiger partial charge in [0, 0.05) is 11.3 Å². The first kappa shape index (κ1) is 9.37. The number of Topliss-reactive ketones (excluding diaryl/α,β-unsaturated/α-hetero) is 1. The summed E-state index contributed by atoms with van der Waals surface area (Å²) in [5, 5.41) is 8.94. The Morgan fingerprint density at radius 2 is 1.87 bits per heavy atom. The molecule has 1 N–H and O–H groups in total. The van der Waals surface area contributed by atoms with E-state index in [1.165, 1.54) is 6.42 Å². The lowest BCUT2D eigenvalue weighted by atomic mass is 9.48. The lowest BCUT2D eigenvalue weighted by Crippen LogP contribution is -2.53. The van der Waals surface area contributed by atoms with Crippen LogP contribution in [0.25, 0.3) is 0 Å². The van der Waals surface area contributed by atoms with Crippen molar-refractivity contribution in [3.05, 3.63) is 0 Å². The molecule has 0 unspecified atom stereocenters. The van der Waals surface area contributed by atoms with Crippen molar-refractivity contribution in [2.24, 2.45) is 23.2 Å². The third-order valence-corrected chi connectivity index (χ3v) is 4.64. The van der Waals surface area contributed by atoms with Crippen LogP contribution < -0.4 is 0 Å². The van der Waals surface area contributed by atoms with Crippen LogP contribution in [0.3, 0.4) is 0 Å². The van der Waals surface area contributed by atoms with Crippen LogP contribution in [0.1, 0.15) is 38.5 Å². The van der Waals surface area contributed by atoms with Crippen molar-refractivity contribution < 1.29 is 14.7 Å². The summed E-state index contributed by atoms with van der Waals surface area (Å²) in [6.45, 7) is 0. The smallest absolute Gasteiger partial charge is 0.304 e. The molecule has 4 aliphatic carbocycles. The van der Waals surface area contributed by atoms with Crippen LogP contribution in [0.4, 0.5) is 0 Å². The van der Waals surface area contributed by atoms with E-state index in [1.54, 1.807) is 0 Å². The molecular weight excluding hydrogens is 192 g/mol. The van der Waals surface area contributed by atoms with Gasteiger partial charge in [-0.3, -0.25) is 9.59 Å². The number of hydrogen-bond acceptors (Lipinski definition) is 2. The first-order valence-corrected chi connectivity index (χ1v) is 5.85. The maximum Gasteiger partial charge on any atom is 0.304 e. The predicted molar refractivity (Wildman–Crippen MR) is 53.2 cm³/mol. The van der Waals surface area contributed by atoms with Crippen molar-refractivity contribution in [3.63, 3.8) is 0 Å². The maximum atomic E-state index is 12.2. The number of carboxylic acids is 1. The molecule has 4 fully saturated rings. The second kappa shape index (κ2) is 2.83. The molecule has 4 bridgehead atoms. The van der Waals surface area contributed by atoms with E-state index in [9.17, 15) is 9.59 Å². The molecule has 3 heteroatoms. The molecule has 4 rings (SSSR count). The van der Waals surface area contributed by atoms with Gasteiger partial charge < -0.3 is 5.11 Å². The molecule has 82 valence electrons. The lowest BCUT2D eigenvalue weighted by molar-refractivity contribution is -0.161. The van der Waals surface area contributed by atoms with Gasteiger partial charge in [0.05, 0.1) is 6.42 Å². The fourth-order valence-corrected chi connectivity index (χ4v) is 4.46. The zero-order valence-electron chi connectivity index (χ0n) is 8.74. The Hall–Kier alpha value is -0.860. The Balaban J connectivity index is 1.94. The molecular formula is C12H16O3. The fourth-order valence-electron chi connectivity index (χ4n) is 4.46. The van der Waals surface area contributed by atoms with Crippen molar-refractivity contribution in [1.82, 2.24) is 0 Å². The van der Waals surface area contributed by atoms with Crippen LogP contribution in [0.5, 0.6) is 0 Å². The number of carbonyl (C=O) groups excluding carboxylic acids is 1. The summed E-state index contributed by atoms with van der Waals surface area (Å²) in [4.78, 5) is 23.0. The maximum absolute atomic E-state index is 12.2. The SMILES string of the molecule is O=C(O)CC12C[C@H]3CC(C[C@@H](C3)C1)C2=O. The van der Waals surface area contributed by atoms with Gasteiger partial charge in [-0.2, -0.15) is 0 Å². The van der Waals surface area contributed by atoms with Crippen LogP contribution in [0, 0.1) is 23.2 Å². The first-order chi connectivity index (χ1) is 7.09. The normalized spacial score (nSPS) is 47.2. The van der Waals surface area contributed by atoms with Crippen LogP contribution in [0.15, 0.2) is 0 Å². The summed E-state index contributed by atoms with van der Waals surface area (Å²) in [7, 11) is 0. The number of carbonyl (C=O) groups is 2. The van der Waals surface area contributed by atoms with Crippen LogP contribution >= 0.6 is 0 Å². The second-order valence-corrected chi connectivity index (χ2v) is 5.76. The Labute approximate surface area is 88.9 Å². The largest absolute Gasteiger partial charge is 0.481 e. The molecule has 4 aliphatic rings. The quantitative estimate of drug-likeness (QED) is 0.753. The third kappa shape index (κ3) is 1.25. The molecule has 0 amide bonds. The molecule has 2 atom stereocenters. The Morgan fingerprint density at radius 1 is 1.27 bits per heavy atom. The molecule has 0 aliphatic heterocycles. The Morgan fingerprint density at radius 3 is 2.40 bits per heavy atom. The fraction of sp³-hybridized carbons (Fsp3) is 0.833. The minimum absolute atomic E-state index is 0.0787. The van der Waals surface area contributed by atoms with E-state index in [1.807, 2.05) is 0 Å². The summed E-state index contributed by atoms with van der Waals surface area (Å²) >= 11 is 0. The molecule has 0 spiro atoms. The summed E-state index contributed by atoms with van der Waals surface area (Å²) in [6.07, 6.45) is 5.10. The Bertz CT molecular complexity index is 320. The summed E-state index contributed by atoms with van der Waals surface area (Å²) in [6, 6.07) is 0. The van der Waals surface area contributed by atoms with Gasteiger partial charge >= 0.3 is 5.97 Å². The minimum Gasteiger partial charge on any atom is -0.481 e. The third-order valence-electron chi connectivity index (χ3n) is 4.64. The zero-order valence-corrected chi connectivity index (χ0v) is 8.74. The van der Waals surface area contributed by atoms with E-state index in [-0.39, 0.29) is 18.1 Å². The Kier molecular flexibility index (Phi) is 1.77. The molecule has 0 saturated heterocycles. The topological polar surface area (TPSA) is 54.4 Å². The van der Waals surface area contributed by atoms with Gasteiger partial charge in [-0.1, -0.05) is 0 Å². The molecule has 15 heavy (non-hydrogen) atoms. The van der Waals surface area contributed by atoms with Crippen molar-refractivity contribution >= 4 is 11.8 Å². The molecule has 0 aromatic rings. The molecule has 3 nitrogen and oxygen atoms in total. The van der Waals surface area contributed by atoms with Gasteiger partial charge in [-0.25, -0.2) is 0 Å². The van der Waals surface area contributed by atoms with Crippen LogP contribution in [0.2, 0.25) is 0 Å². The second-order valence-electron chi connectivity index (χ2n) is 5.76. The molecule has 4 saturated carbocycles. The number of carboxylic acid groups (broad SMARTS) is 1. The van der Waals surface area contributed by atoms with Crippen molar-refractivity contribution in [2.45, 2.75) is 38.5 Å². The number of hydrogen-bond donors (Lipinski definition) is 1. The first-order valence-electron chi connectivity index (χ1n) is 5.85. The van der Waals surface area contributed by atoms with Gasteiger partial charge in [0.15, 0.2) is 0 Å². The molecule has 0 radical (unpaired) electrons. The average Bonchev–Trinajstić information content (AvgIpc) is 2.11. The standard InChI is InChI=1S/C12H16O3/c13-10(14)6-12-4-7-1-8(5-12)3-9(2-7)11(12)15/h7-9H,1-6H2,(H,13,14)/t7-,8-,9?,12?/m1/s1. The van der Waals surface area contributed by atoms with Crippen molar-refractivity contribution in [2.75, 3.05) is 0 Å². The van der Waals surface area contributed by atoms with Crippen molar-refractivity contribution in [3.8, 4) is 0 Å². The monoisotopic (exact) mass is 208 g/mol. The predicted octanol–water partition coefficient (Wildman–Crippen LogP) is 1.86. The highest BCUT2D eigenvalue weighted by molar-refractivity contribution is 5.92. The van der Waals surface area contributed by atoms with E-state index in [4.69, 9.17) is 5.11 Å².